The van der Waals surface area contributed by atoms with Crippen molar-refractivity contribution in [1.29, 1.82) is 0 Å². The first-order valence-electron chi connectivity index (χ1n) is 6.13. The summed E-state index contributed by atoms with van der Waals surface area (Å²) in [6, 6.07) is 8.22. The van der Waals surface area contributed by atoms with Gasteiger partial charge in [0.1, 0.15) is 0 Å². The topological polar surface area (TPSA) is 18.5 Å². The van der Waals surface area contributed by atoms with Crippen LogP contribution in [0.5, 0.6) is 0 Å². The quantitative estimate of drug-likeness (QED) is 0.661. The Labute approximate surface area is 107 Å². The summed E-state index contributed by atoms with van der Waals surface area (Å²) in [5.41, 5.74) is 2.96. The molecule has 1 aromatic carbocycles. The van der Waals surface area contributed by atoms with Gasteiger partial charge in [-0.15, -0.1) is 0 Å². The first kappa shape index (κ1) is 14.2. The van der Waals surface area contributed by atoms with Crippen molar-refractivity contribution in [2.45, 2.75) is 26.0 Å². The van der Waals surface area contributed by atoms with Gasteiger partial charge in [0.15, 0.2) is 9.76 Å². The number of benzene rings is 1. The van der Waals surface area contributed by atoms with Crippen LogP contribution in [0.15, 0.2) is 30.8 Å². The molecule has 0 saturated heterocycles. The lowest BCUT2D eigenvalue weighted by atomic mass is 10.1. The maximum atomic E-state index is 5.83. The minimum atomic E-state index is -0.511. The van der Waals surface area contributed by atoms with E-state index in [0.29, 0.717) is 12.1 Å². The van der Waals surface area contributed by atoms with E-state index in [1.165, 1.54) is 11.1 Å². The Bertz CT molecular complexity index is 339. The highest BCUT2D eigenvalue weighted by Crippen LogP contribution is 2.12. The largest absolute Gasteiger partial charge is 0.419 e. The van der Waals surface area contributed by atoms with Gasteiger partial charge in [-0.3, -0.25) is 0 Å². The van der Waals surface area contributed by atoms with E-state index in [1.807, 2.05) is 25.1 Å². The maximum Gasteiger partial charge on any atom is 0.167 e. The van der Waals surface area contributed by atoms with E-state index >= 15 is 0 Å². The van der Waals surface area contributed by atoms with Crippen LogP contribution in [-0.4, -0.2) is 23.0 Å². The summed E-state index contributed by atoms with van der Waals surface area (Å²) in [5, 5.41) is 0. The van der Waals surface area contributed by atoms with Crippen molar-refractivity contribution in [2.24, 2.45) is 0 Å². The highest BCUT2D eigenvalue weighted by atomic mass is 28.2. The molecule has 3 heteroatoms. The van der Waals surface area contributed by atoms with Crippen LogP contribution < -0.4 is 0 Å². The predicted octanol–water partition coefficient (Wildman–Crippen LogP) is 2.77. The summed E-state index contributed by atoms with van der Waals surface area (Å²) < 4.78 is 11.2. The number of ether oxygens (including phenoxy) is 1. The van der Waals surface area contributed by atoms with E-state index in [0.717, 1.165) is 13.2 Å². The second-order valence-electron chi connectivity index (χ2n) is 4.18. The van der Waals surface area contributed by atoms with Crippen molar-refractivity contribution in [3.05, 3.63) is 42.0 Å². The second kappa shape index (κ2) is 8.23. The molecule has 0 aliphatic rings. The lowest BCUT2D eigenvalue weighted by molar-refractivity contribution is 0.144. The smallest absolute Gasteiger partial charge is 0.167 e. The van der Waals surface area contributed by atoms with E-state index in [1.54, 1.807) is 0 Å². The zero-order valence-corrected chi connectivity index (χ0v) is 12.2. The van der Waals surface area contributed by atoms with Gasteiger partial charge < -0.3 is 9.16 Å². The van der Waals surface area contributed by atoms with Gasteiger partial charge >= 0.3 is 0 Å². The Balaban J connectivity index is 2.32. The molecule has 1 aromatic rings. The molecule has 0 saturated carbocycles. The zero-order chi connectivity index (χ0) is 12.5. The van der Waals surface area contributed by atoms with Crippen LogP contribution in [-0.2, 0) is 15.8 Å². The lowest BCUT2D eigenvalue weighted by Gasteiger charge is -2.12. The number of hydrogen-bond acceptors (Lipinski definition) is 2. The molecule has 94 valence electrons. The molecular weight excluding hydrogens is 228 g/mol. The molecule has 0 amide bonds. The molecule has 0 fully saturated rings. The highest BCUT2D eigenvalue weighted by Gasteiger charge is 2.04. The Kier molecular flexibility index (Phi) is 6.85. The van der Waals surface area contributed by atoms with E-state index in [4.69, 9.17) is 9.16 Å². The zero-order valence-electron chi connectivity index (χ0n) is 10.8. The molecule has 0 bridgehead atoms. The third-order valence-corrected chi connectivity index (χ3v) is 3.79. The number of hydrogen-bond donors (Lipinski definition) is 0. The van der Waals surface area contributed by atoms with Gasteiger partial charge in [-0.05, 0) is 23.6 Å². The maximum absolute atomic E-state index is 5.83. The SMILES string of the molecule is C=Cc1ccccc1CO[SiH2]C(C)COCC. The molecule has 0 aliphatic carbocycles. The highest BCUT2D eigenvalue weighted by molar-refractivity contribution is 6.29. The molecule has 0 heterocycles. The summed E-state index contributed by atoms with van der Waals surface area (Å²) in [7, 11) is -0.511. The molecule has 1 atom stereocenters. The minimum Gasteiger partial charge on any atom is -0.419 e. The average Bonchev–Trinajstić information content (AvgIpc) is 2.37. The van der Waals surface area contributed by atoms with Crippen molar-refractivity contribution in [2.75, 3.05) is 13.2 Å². The van der Waals surface area contributed by atoms with E-state index in [-0.39, 0.29) is 0 Å². The van der Waals surface area contributed by atoms with Gasteiger partial charge in [0.25, 0.3) is 0 Å². The summed E-state index contributed by atoms with van der Waals surface area (Å²) in [6.45, 7) is 10.3. The molecule has 1 rings (SSSR count). The van der Waals surface area contributed by atoms with Gasteiger partial charge in [-0.2, -0.15) is 0 Å². The molecular formula is C14H22O2Si. The Morgan fingerprint density at radius 2 is 2.18 bits per heavy atom. The van der Waals surface area contributed by atoms with Crippen LogP contribution in [0.1, 0.15) is 25.0 Å². The van der Waals surface area contributed by atoms with E-state index in [9.17, 15) is 0 Å². The van der Waals surface area contributed by atoms with Gasteiger partial charge in [0.05, 0.1) is 6.61 Å². The Morgan fingerprint density at radius 1 is 1.41 bits per heavy atom. The van der Waals surface area contributed by atoms with Gasteiger partial charge in [0, 0.05) is 13.2 Å². The lowest BCUT2D eigenvalue weighted by Crippen LogP contribution is -2.11. The average molecular weight is 250 g/mol. The third kappa shape index (κ3) is 5.30. The molecule has 0 radical (unpaired) electrons. The van der Waals surface area contributed by atoms with Crippen molar-refractivity contribution < 1.29 is 9.16 Å². The summed E-state index contributed by atoms with van der Waals surface area (Å²) in [4.78, 5) is 0. The fraction of sp³-hybridized carbons (Fsp3) is 0.429. The fourth-order valence-electron chi connectivity index (χ4n) is 1.60. The van der Waals surface area contributed by atoms with Crippen LogP contribution in [0.4, 0.5) is 0 Å². The van der Waals surface area contributed by atoms with Crippen LogP contribution in [0.2, 0.25) is 5.54 Å². The molecule has 17 heavy (non-hydrogen) atoms. The predicted molar refractivity (Wildman–Crippen MR) is 75.8 cm³/mol. The van der Waals surface area contributed by atoms with Gasteiger partial charge in [0.2, 0.25) is 0 Å². The van der Waals surface area contributed by atoms with Crippen molar-refractivity contribution in [3.8, 4) is 0 Å². The van der Waals surface area contributed by atoms with Gasteiger partial charge in [-0.1, -0.05) is 43.8 Å². The van der Waals surface area contributed by atoms with Crippen LogP contribution in [0.25, 0.3) is 6.08 Å². The molecule has 1 unspecified atom stereocenters. The molecule has 0 aliphatic heterocycles. The summed E-state index contributed by atoms with van der Waals surface area (Å²) in [5.74, 6) is 0. The molecule has 2 nitrogen and oxygen atoms in total. The number of rotatable bonds is 8. The van der Waals surface area contributed by atoms with Crippen molar-refractivity contribution in [1.82, 2.24) is 0 Å². The molecule has 0 N–H and O–H groups in total. The fourth-order valence-corrected chi connectivity index (χ4v) is 2.61. The van der Waals surface area contributed by atoms with E-state index < -0.39 is 9.76 Å². The minimum absolute atomic E-state index is 0.511. The summed E-state index contributed by atoms with van der Waals surface area (Å²) >= 11 is 0. The first-order valence-corrected chi connectivity index (χ1v) is 7.53. The summed E-state index contributed by atoms with van der Waals surface area (Å²) in [6.07, 6.45) is 1.88. The van der Waals surface area contributed by atoms with Crippen molar-refractivity contribution >= 4 is 15.8 Å². The van der Waals surface area contributed by atoms with Crippen LogP contribution in [0.3, 0.4) is 0 Å². The van der Waals surface area contributed by atoms with Crippen LogP contribution >= 0.6 is 0 Å². The monoisotopic (exact) mass is 250 g/mol. The standard InChI is InChI=1S/C14H22O2Si/c1-4-13-8-6-7-9-14(13)11-16-17-12(3)10-15-5-2/h4,6-9,12H,1,5,10-11,17H2,2-3H3. The molecule has 0 spiro atoms. The van der Waals surface area contributed by atoms with Crippen LogP contribution in [0, 0.1) is 0 Å². The normalized spacial score (nSPS) is 13.1. The third-order valence-electron chi connectivity index (χ3n) is 2.54. The second-order valence-corrected chi connectivity index (χ2v) is 6.32. The van der Waals surface area contributed by atoms with Gasteiger partial charge in [-0.25, -0.2) is 0 Å². The Hall–Kier alpha value is -0.903. The first-order chi connectivity index (χ1) is 8.27. The van der Waals surface area contributed by atoms with Crippen molar-refractivity contribution in [3.63, 3.8) is 0 Å². The Morgan fingerprint density at radius 3 is 2.88 bits per heavy atom. The molecule has 0 aromatic heterocycles. The van der Waals surface area contributed by atoms with E-state index in [2.05, 4.69) is 25.6 Å².